The van der Waals surface area contributed by atoms with Crippen molar-refractivity contribution in [3.05, 3.63) is 122 Å². The molecule has 0 saturated carbocycles. The van der Waals surface area contributed by atoms with E-state index in [0.717, 1.165) is 29.7 Å². The molecular formula is C37H36O9. The van der Waals surface area contributed by atoms with E-state index >= 15 is 0 Å². The minimum Gasteiger partial charge on any atom is -0.502 e. The first-order valence-corrected chi connectivity index (χ1v) is 14.9. The number of fused-ring (bicyclic) bond motifs is 1. The molecule has 9 heteroatoms. The molecule has 0 spiro atoms. The van der Waals surface area contributed by atoms with Crippen LogP contribution in [0.25, 0.3) is 10.8 Å². The van der Waals surface area contributed by atoms with E-state index in [0.29, 0.717) is 73.4 Å². The predicted octanol–water partition coefficient (Wildman–Crippen LogP) is 7.49. The van der Waals surface area contributed by atoms with Crippen molar-refractivity contribution in [3.8, 4) is 23.0 Å². The number of carbonyl (C=O) groups excluding carboxylic acids is 3. The summed E-state index contributed by atoms with van der Waals surface area (Å²) >= 11 is 0. The highest BCUT2D eigenvalue weighted by atomic mass is 16.5. The predicted molar refractivity (Wildman–Crippen MR) is 174 cm³/mol. The largest absolute Gasteiger partial charge is 0.502 e. The van der Waals surface area contributed by atoms with Gasteiger partial charge in [0.05, 0.1) is 43.8 Å². The number of unbranched alkanes of at least 4 members (excludes halogenated alkanes) is 2. The Labute approximate surface area is 267 Å². The highest BCUT2D eigenvalue weighted by Gasteiger charge is 2.12. The van der Waals surface area contributed by atoms with Crippen LogP contribution in [0.15, 0.2) is 110 Å². The van der Waals surface area contributed by atoms with Gasteiger partial charge in [0, 0.05) is 6.08 Å². The van der Waals surface area contributed by atoms with Crippen LogP contribution >= 0.6 is 0 Å². The lowest BCUT2D eigenvalue weighted by atomic mass is 10.1. The summed E-state index contributed by atoms with van der Waals surface area (Å²) in [6, 6.07) is 23.9. The number of hydrogen-bond donors (Lipinski definition) is 0. The first-order chi connectivity index (χ1) is 22.4. The molecule has 0 N–H and O–H groups in total. The van der Waals surface area contributed by atoms with Gasteiger partial charge in [-0.2, -0.15) is 0 Å². The third kappa shape index (κ3) is 10.6. The lowest BCUT2D eigenvalue weighted by Gasteiger charge is -2.09. The summed E-state index contributed by atoms with van der Waals surface area (Å²) in [5.74, 6) is 0.627. The average molecular weight is 625 g/mol. The Balaban J connectivity index is 1.24. The van der Waals surface area contributed by atoms with Gasteiger partial charge in [0.25, 0.3) is 0 Å². The molecule has 0 radical (unpaired) electrons. The maximum Gasteiger partial charge on any atom is 0.343 e. The smallest absolute Gasteiger partial charge is 0.343 e. The number of carbonyl (C=O) groups is 3. The van der Waals surface area contributed by atoms with Crippen molar-refractivity contribution in [2.45, 2.75) is 25.7 Å². The highest BCUT2D eigenvalue weighted by Crippen LogP contribution is 2.26. The van der Waals surface area contributed by atoms with Crippen LogP contribution in [0.3, 0.4) is 0 Å². The molecule has 46 heavy (non-hydrogen) atoms. The van der Waals surface area contributed by atoms with Crippen LogP contribution in [0.1, 0.15) is 46.4 Å². The van der Waals surface area contributed by atoms with E-state index in [1.807, 2.05) is 0 Å². The van der Waals surface area contributed by atoms with Crippen molar-refractivity contribution in [1.29, 1.82) is 0 Å². The molecule has 238 valence electrons. The number of ether oxygens (including phenoxy) is 6. The van der Waals surface area contributed by atoms with E-state index in [1.54, 1.807) is 84.9 Å². The van der Waals surface area contributed by atoms with E-state index in [2.05, 4.69) is 13.2 Å². The molecule has 0 aliphatic carbocycles. The second-order valence-electron chi connectivity index (χ2n) is 10.0. The Kier molecular flexibility index (Phi) is 12.8. The first kappa shape index (κ1) is 33.3. The molecule has 0 aliphatic rings. The molecule has 0 bridgehead atoms. The maximum absolute atomic E-state index is 12.7. The molecule has 0 aliphatic heterocycles. The van der Waals surface area contributed by atoms with Gasteiger partial charge in [0.15, 0.2) is 0 Å². The summed E-state index contributed by atoms with van der Waals surface area (Å²) in [5, 5.41) is 1.62. The normalized spacial score (nSPS) is 10.4. The van der Waals surface area contributed by atoms with Gasteiger partial charge in [0.2, 0.25) is 0 Å². The Bertz CT molecular complexity index is 1630. The Morgan fingerprint density at radius 3 is 1.43 bits per heavy atom. The number of hydrogen-bond acceptors (Lipinski definition) is 9. The van der Waals surface area contributed by atoms with E-state index in [4.69, 9.17) is 28.4 Å². The van der Waals surface area contributed by atoms with Gasteiger partial charge in [-0.05, 0) is 109 Å². The SMILES string of the molecule is C=COCCCCOc1ccc(C(=O)Oc2ccc3cc(OC(=O)c4ccc(OCCCCOC(=O)C=C)cc4)ccc3c2)cc1. The summed E-state index contributed by atoms with van der Waals surface area (Å²) in [5.41, 5.74) is 0.775. The van der Waals surface area contributed by atoms with Gasteiger partial charge >= 0.3 is 17.9 Å². The molecule has 0 atom stereocenters. The van der Waals surface area contributed by atoms with Crippen LogP contribution in [0, 0.1) is 0 Å². The fraction of sp³-hybridized carbons (Fsp3) is 0.216. The monoisotopic (exact) mass is 624 g/mol. The topological polar surface area (TPSA) is 107 Å². The van der Waals surface area contributed by atoms with E-state index < -0.39 is 17.9 Å². The summed E-state index contributed by atoms with van der Waals surface area (Å²) < 4.78 is 32.5. The zero-order valence-electron chi connectivity index (χ0n) is 25.5. The lowest BCUT2D eigenvalue weighted by Crippen LogP contribution is -2.09. The molecule has 0 saturated heterocycles. The minimum atomic E-state index is -0.505. The third-order valence-corrected chi connectivity index (χ3v) is 6.65. The molecule has 0 fully saturated rings. The lowest BCUT2D eigenvalue weighted by molar-refractivity contribution is -0.137. The van der Waals surface area contributed by atoms with Crippen LogP contribution in [0.4, 0.5) is 0 Å². The van der Waals surface area contributed by atoms with Crippen molar-refractivity contribution in [3.63, 3.8) is 0 Å². The average Bonchev–Trinajstić information content (AvgIpc) is 3.08. The van der Waals surface area contributed by atoms with Crippen LogP contribution in [0.5, 0.6) is 23.0 Å². The third-order valence-electron chi connectivity index (χ3n) is 6.65. The second kappa shape index (κ2) is 17.7. The summed E-state index contributed by atoms with van der Waals surface area (Å²) in [4.78, 5) is 36.5. The number of rotatable bonds is 18. The van der Waals surface area contributed by atoms with Crippen LogP contribution in [0.2, 0.25) is 0 Å². The Morgan fingerprint density at radius 1 is 0.543 bits per heavy atom. The van der Waals surface area contributed by atoms with Gasteiger partial charge in [-0.1, -0.05) is 25.3 Å². The van der Waals surface area contributed by atoms with Crippen LogP contribution in [-0.2, 0) is 14.3 Å². The van der Waals surface area contributed by atoms with Crippen molar-refractivity contribution >= 4 is 28.7 Å². The van der Waals surface area contributed by atoms with Crippen molar-refractivity contribution in [1.82, 2.24) is 0 Å². The zero-order valence-corrected chi connectivity index (χ0v) is 25.5. The standard InChI is InChI=1S/C37H36O9/c1-3-35(38)44-24-8-7-23-43-32-17-11-28(12-18-32)37(40)46-34-20-14-29-25-33(19-13-30(29)26-34)45-36(39)27-9-15-31(16-10-27)42-22-6-5-21-41-4-2/h3-4,9-20,25-26H,1-2,5-8,21-24H2. The summed E-state index contributed by atoms with van der Waals surface area (Å²) in [6.45, 7) is 8.77. The molecule has 0 aromatic heterocycles. The van der Waals surface area contributed by atoms with Crippen molar-refractivity contribution in [2.75, 3.05) is 26.4 Å². The molecule has 0 amide bonds. The fourth-order valence-electron chi connectivity index (χ4n) is 4.22. The molecule has 0 unspecified atom stereocenters. The Hall–Kier alpha value is -5.57. The highest BCUT2D eigenvalue weighted by molar-refractivity contribution is 5.94. The quantitative estimate of drug-likeness (QED) is 0.0366. The molecule has 4 aromatic rings. The van der Waals surface area contributed by atoms with Crippen LogP contribution < -0.4 is 18.9 Å². The first-order valence-electron chi connectivity index (χ1n) is 14.9. The maximum atomic E-state index is 12.7. The van der Waals surface area contributed by atoms with E-state index in [-0.39, 0.29) is 0 Å². The summed E-state index contributed by atoms with van der Waals surface area (Å²) in [6.07, 6.45) is 5.63. The molecule has 9 nitrogen and oxygen atoms in total. The number of esters is 3. The Morgan fingerprint density at radius 2 is 0.978 bits per heavy atom. The van der Waals surface area contributed by atoms with Crippen molar-refractivity contribution < 1.29 is 42.8 Å². The molecule has 0 heterocycles. The van der Waals surface area contributed by atoms with Gasteiger partial charge in [0.1, 0.15) is 23.0 Å². The molecule has 4 rings (SSSR count). The molecule has 4 aromatic carbocycles. The van der Waals surface area contributed by atoms with Gasteiger partial charge < -0.3 is 28.4 Å². The van der Waals surface area contributed by atoms with E-state index in [9.17, 15) is 14.4 Å². The van der Waals surface area contributed by atoms with Gasteiger partial charge in [-0.15, -0.1) is 0 Å². The second-order valence-corrected chi connectivity index (χ2v) is 10.0. The van der Waals surface area contributed by atoms with E-state index in [1.165, 1.54) is 6.26 Å². The van der Waals surface area contributed by atoms with Crippen molar-refractivity contribution in [2.24, 2.45) is 0 Å². The van der Waals surface area contributed by atoms with Gasteiger partial charge in [-0.3, -0.25) is 0 Å². The van der Waals surface area contributed by atoms with Gasteiger partial charge in [-0.25, -0.2) is 14.4 Å². The zero-order chi connectivity index (χ0) is 32.6. The fourth-order valence-corrected chi connectivity index (χ4v) is 4.22. The minimum absolute atomic E-state index is 0.309. The van der Waals surface area contributed by atoms with Crippen LogP contribution in [-0.4, -0.2) is 44.3 Å². The molecular weight excluding hydrogens is 588 g/mol. The number of benzene rings is 4. The summed E-state index contributed by atoms with van der Waals surface area (Å²) in [7, 11) is 0.